The Kier molecular flexibility index (Phi) is 4.09. The molecule has 1 aromatic carbocycles. The van der Waals surface area contributed by atoms with Gasteiger partial charge in [-0.2, -0.15) is 0 Å². The minimum atomic E-state index is -1.07. The van der Waals surface area contributed by atoms with Crippen LogP contribution in [0.15, 0.2) is 18.2 Å². The topological polar surface area (TPSA) is 78.4 Å². The number of carbonyl (C=O) groups is 2. The summed E-state index contributed by atoms with van der Waals surface area (Å²) in [7, 11) is 0. The fraction of sp³-hybridized carbons (Fsp3) is 0.333. The normalized spacial score (nSPS) is 11.7. The van der Waals surface area contributed by atoms with Gasteiger partial charge in [-0.3, -0.25) is 4.79 Å². The quantitative estimate of drug-likeness (QED) is 0.750. The molecule has 0 spiro atoms. The van der Waals surface area contributed by atoms with Crippen LogP contribution in [0.5, 0.6) is 0 Å². The molecule has 92 valence electrons. The van der Waals surface area contributed by atoms with Crippen molar-refractivity contribution in [2.75, 3.05) is 5.32 Å². The summed E-state index contributed by atoms with van der Waals surface area (Å²) in [6.07, 6.45) is 0. The number of carbonyl (C=O) groups excluding carboxylic acids is 1. The standard InChI is InChI=1S/C12H16N2O3/c1-7-5-4-6-8(2)10(7)14-12(17)13-9(3)11(15)16/h4-6,9H,1-3H3,(H,15,16)(H2,13,14,17)/t9-/m0/s1. The number of amides is 2. The average Bonchev–Trinajstić information content (AvgIpc) is 2.23. The molecule has 0 aromatic heterocycles. The van der Waals surface area contributed by atoms with E-state index in [9.17, 15) is 9.59 Å². The van der Waals surface area contributed by atoms with Crippen molar-refractivity contribution in [2.24, 2.45) is 0 Å². The molecule has 0 aliphatic carbocycles. The van der Waals surface area contributed by atoms with Gasteiger partial charge in [-0.25, -0.2) is 4.79 Å². The number of nitrogens with one attached hydrogen (secondary N) is 2. The monoisotopic (exact) mass is 236 g/mol. The smallest absolute Gasteiger partial charge is 0.325 e. The zero-order valence-electron chi connectivity index (χ0n) is 10.1. The van der Waals surface area contributed by atoms with Gasteiger partial charge in [-0.05, 0) is 31.9 Å². The summed E-state index contributed by atoms with van der Waals surface area (Å²) in [5, 5.41) is 13.6. The number of rotatable bonds is 3. The largest absolute Gasteiger partial charge is 0.480 e. The van der Waals surface area contributed by atoms with Crippen LogP contribution in [-0.4, -0.2) is 23.1 Å². The Balaban J connectivity index is 2.72. The molecular formula is C12H16N2O3. The molecule has 2 amide bonds. The molecule has 0 radical (unpaired) electrons. The Labute approximate surface area is 99.8 Å². The van der Waals surface area contributed by atoms with E-state index in [0.29, 0.717) is 5.69 Å². The van der Waals surface area contributed by atoms with E-state index in [1.54, 1.807) is 0 Å². The van der Waals surface area contributed by atoms with Crippen molar-refractivity contribution in [2.45, 2.75) is 26.8 Å². The van der Waals surface area contributed by atoms with Gasteiger partial charge in [0.05, 0.1) is 0 Å². The second kappa shape index (κ2) is 5.34. The molecule has 0 aliphatic rings. The lowest BCUT2D eigenvalue weighted by atomic mass is 10.1. The molecule has 0 unspecified atom stereocenters. The van der Waals surface area contributed by atoms with Crippen LogP contribution in [0.2, 0.25) is 0 Å². The molecule has 0 saturated carbocycles. The summed E-state index contributed by atoms with van der Waals surface area (Å²) in [6, 6.07) is 4.22. The van der Waals surface area contributed by atoms with Gasteiger partial charge in [0.1, 0.15) is 6.04 Å². The van der Waals surface area contributed by atoms with E-state index in [-0.39, 0.29) is 0 Å². The van der Waals surface area contributed by atoms with E-state index >= 15 is 0 Å². The maximum Gasteiger partial charge on any atom is 0.325 e. The predicted octanol–water partition coefficient (Wildman–Crippen LogP) is 1.90. The number of hydrogen-bond acceptors (Lipinski definition) is 2. The number of para-hydroxylation sites is 1. The molecule has 0 bridgehead atoms. The highest BCUT2D eigenvalue weighted by molar-refractivity contribution is 5.93. The lowest BCUT2D eigenvalue weighted by Gasteiger charge is -2.14. The highest BCUT2D eigenvalue weighted by atomic mass is 16.4. The number of aryl methyl sites for hydroxylation is 2. The second-order valence-corrected chi connectivity index (χ2v) is 3.93. The SMILES string of the molecule is Cc1cccc(C)c1NC(=O)N[C@@H](C)C(=O)O. The van der Waals surface area contributed by atoms with Gasteiger partial charge in [-0.1, -0.05) is 18.2 Å². The van der Waals surface area contributed by atoms with Gasteiger partial charge in [0.25, 0.3) is 0 Å². The highest BCUT2D eigenvalue weighted by Crippen LogP contribution is 2.18. The van der Waals surface area contributed by atoms with Gasteiger partial charge in [0.2, 0.25) is 0 Å². The van der Waals surface area contributed by atoms with Crippen LogP contribution in [0.25, 0.3) is 0 Å². The van der Waals surface area contributed by atoms with Crippen molar-refractivity contribution in [1.82, 2.24) is 5.32 Å². The van der Waals surface area contributed by atoms with Gasteiger partial charge >= 0.3 is 12.0 Å². The first-order valence-corrected chi connectivity index (χ1v) is 5.28. The number of carboxylic acids is 1. The van der Waals surface area contributed by atoms with E-state index in [1.165, 1.54) is 6.92 Å². The Morgan fingerprint density at radius 3 is 2.24 bits per heavy atom. The van der Waals surface area contributed by atoms with Crippen LogP contribution in [-0.2, 0) is 4.79 Å². The van der Waals surface area contributed by atoms with Crippen LogP contribution in [0.3, 0.4) is 0 Å². The summed E-state index contributed by atoms with van der Waals surface area (Å²) >= 11 is 0. The van der Waals surface area contributed by atoms with Gasteiger partial charge in [0.15, 0.2) is 0 Å². The van der Waals surface area contributed by atoms with Crippen LogP contribution in [0, 0.1) is 13.8 Å². The molecule has 1 aromatic rings. The molecule has 17 heavy (non-hydrogen) atoms. The molecule has 0 fully saturated rings. The summed E-state index contributed by atoms with van der Waals surface area (Å²) in [5.41, 5.74) is 2.58. The summed E-state index contributed by atoms with van der Waals surface area (Å²) in [6.45, 7) is 5.17. The summed E-state index contributed by atoms with van der Waals surface area (Å²) in [4.78, 5) is 22.1. The molecular weight excluding hydrogens is 220 g/mol. The van der Waals surface area contributed by atoms with Crippen LogP contribution in [0.1, 0.15) is 18.1 Å². The molecule has 3 N–H and O–H groups in total. The Bertz CT molecular complexity index is 423. The number of hydrogen-bond donors (Lipinski definition) is 3. The third kappa shape index (κ3) is 3.48. The molecule has 1 atom stereocenters. The fourth-order valence-corrected chi connectivity index (χ4v) is 1.42. The number of benzene rings is 1. The molecule has 0 heterocycles. The van der Waals surface area contributed by atoms with E-state index in [1.807, 2.05) is 32.0 Å². The van der Waals surface area contributed by atoms with Crippen molar-refractivity contribution < 1.29 is 14.7 Å². The Hall–Kier alpha value is -2.04. The molecule has 0 aliphatic heterocycles. The van der Waals surface area contributed by atoms with Crippen molar-refractivity contribution in [3.63, 3.8) is 0 Å². The maximum atomic E-state index is 11.5. The van der Waals surface area contributed by atoms with E-state index in [0.717, 1.165) is 11.1 Å². The minimum Gasteiger partial charge on any atom is -0.480 e. The van der Waals surface area contributed by atoms with Crippen molar-refractivity contribution in [3.05, 3.63) is 29.3 Å². The fourth-order valence-electron chi connectivity index (χ4n) is 1.42. The Morgan fingerprint density at radius 1 is 1.24 bits per heavy atom. The zero-order chi connectivity index (χ0) is 13.0. The summed E-state index contributed by atoms with van der Waals surface area (Å²) in [5.74, 6) is -1.07. The first kappa shape index (κ1) is 13.0. The van der Waals surface area contributed by atoms with Crippen molar-refractivity contribution in [3.8, 4) is 0 Å². The van der Waals surface area contributed by atoms with Crippen LogP contribution >= 0.6 is 0 Å². The van der Waals surface area contributed by atoms with Crippen molar-refractivity contribution >= 4 is 17.7 Å². The van der Waals surface area contributed by atoms with Crippen LogP contribution < -0.4 is 10.6 Å². The molecule has 0 saturated heterocycles. The van der Waals surface area contributed by atoms with Crippen molar-refractivity contribution in [1.29, 1.82) is 0 Å². The van der Waals surface area contributed by atoms with E-state index in [2.05, 4.69) is 10.6 Å². The van der Waals surface area contributed by atoms with Gasteiger partial charge in [-0.15, -0.1) is 0 Å². The lowest BCUT2D eigenvalue weighted by molar-refractivity contribution is -0.138. The summed E-state index contributed by atoms with van der Waals surface area (Å²) < 4.78 is 0. The molecule has 5 nitrogen and oxygen atoms in total. The van der Waals surface area contributed by atoms with Gasteiger partial charge in [0, 0.05) is 5.69 Å². The number of carboxylic acid groups (broad SMARTS) is 1. The van der Waals surface area contributed by atoms with E-state index in [4.69, 9.17) is 5.11 Å². The third-order valence-corrected chi connectivity index (χ3v) is 2.44. The maximum absolute atomic E-state index is 11.5. The molecule has 5 heteroatoms. The minimum absolute atomic E-state index is 0.516. The third-order valence-electron chi connectivity index (χ3n) is 2.44. The predicted molar refractivity (Wildman–Crippen MR) is 65.2 cm³/mol. The average molecular weight is 236 g/mol. The number of anilines is 1. The Morgan fingerprint density at radius 2 is 1.76 bits per heavy atom. The number of urea groups is 1. The van der Waals surface area contributed by atoms with Crippen LogP contribution in [0.4, 0.5) is 10.5 Å². The van der Waals surface area contributed by atoms with Gasteiger partial charge < -0.3 is 15.7 Å². The second-order valence-electron chi connectivity index (χ2n) is 3.93. The lowest BCUT2D eigenvalue weighted by Crippen LogP contribution is -2.41. The molecule has 1 rings (SSSR count). The first-order chi connectivity index (χ1) is 7.91. The zero-order valence-corrected chi connectivity index (χ0v) is 10.1. The number of aliphatic carboxylic acids is 1. The first-order valence-electron chi connectivity index (χ1n) is 5.28. The highest BCUT2D eigenvalue weighted by Gasteiger charge is 2.14. The van der Waals surface area contributed by atoms with E-state index < -0.39 is 18.0 Å².